The molecule has 0 fully saturated rings. The van der Waals surface area contributed by atoms with E-state index in [2.05, 4.69) is 0 Å². The third kappa shape index (κ3) is 2.63. The van der Waals surface area contributed by atoms with Crippen LogP contribution in [0, 0.1) is 0 Å². The number of carbonyl (C=O) groups is 3. The number of carbonyl (C=O) groups excluding carboxylic acids is 2. The van der Waals surface area contributed by atoms with Gasteiger partial charge in [0.25, 0.3) is 0 Å². The van der Waals surface area contributed by atoms with Gasteiger partial charge in [-0.2, -0.15) is 0 Å². The highest BCUT2D eigenvalue weighted by Gasteiger charge is 2.30. The fourth-order valence-electron chi connectivity index (χ4n) is 2.15. The number of nitrogens with zero attached hydrogens (tertiary/aromatic N) is 1. The second-order valence-electron chi connectivity index (χ2n) is 4.36. The first kappa shape index (κ1) is 13.2. The normalized spacial score (nSPS) is 14.2. The number of amides is 2. The monoisotopic (exact) mass is 262 g/mol. The molecule has 1 aliphatic rings. The number of aryl methyl sites for hydroxylation is 1. The smallest absolute Gasteiger partial charge is 0.312 e. The van der Waals surface area contributed by atoms with E-state index < -0.39 is 18.3 Å². The van der Waals surface area contributed by atoms with Gasteiger partial charge in [0.15, 0.2) is 0 Å². The first-order valence-corrected chi connectivity index (χ1v) is 5.92. The van der Waals surface area contributed by atoms with E-state index >= 15 is 0 Å². The molecule has 0 spiro atoms. The zero-order valence-corrected chi connectivity index (χ0v) is 10.3. The molecule has 100 valence electrons. The molecule has 1 aliphatic heterocycles. The first-order valence-electron chi connectivity index (χ1n) is 5.92. The van der Waals surface area contributed by atoms with Crippen LogP contribution in [0.2, 0.25) is 0 Å². The van der Waals surface area contributed by atoms with Crippen LogP contribution in [0.5, 0.6) is 0 Å². The summed E-state index contributed by atoms with van der Waals surface area (Å²) in [4.78, 5) is 35.2. The number of fused-ring (bicyclic) bond motifs is 1. The molecule has 6 heteroatoms. The average molecular weight is 262 g/mol. The molecule has 1 heterocycles. The highest BCUT2D eigenvalue weighted by molar-refractivity contribution is 6.19. The molecule has 0 aromatic heterocycles. The number of benzene rings is 1. The van der Waals surface area contributed by atoms with Crippen LogP contribution >= 0.6 is 0 Å². The molecule has 3 N–H and O–H groups in total. The van der Waals surface area contributed by atoms with Crippen molar-refractivity contribution in [1.29, 1.82) is 0 Å². The van der Waals surface area contributed by atoms with Gasteiger partial charge in [0.05, 0.1) is 5.69 Å². The van der Waals surface area contributed by atoms with E-state index in [9.17, 15) is 14.4 Å². The minimum atomic E-state index is -1.25. The van der Waals surface area contributed by atoms with E-state index in [1.54, 1.807) is 12.1 Å². The maximum Gasteiger partial charge on any atom is 0.312 e. The molecule has 0 bridgehead atoms. The van der Waals surface area contributed by atoms with Crippen LogP contribution < -0.4 is 10.6 Å². The molecule has 6 nitrogen and oxygen atoms in total. The van der Waals surface area contributed by atoms with E-state index in [-0.39, 0.29) is 12.3 Å². The van der Waals surface area contributed by atoms with E-state index in [4.69, 9.17) is 10.8 Å². The van der Waals surface area contributed by atoms with Gasteiger partial charge in [0, 0.05) is 13.0 Å². The predicted molar refractivity (Wildman–Crippen MR) is 67.4 cm³/mol. The summed E-state index contributed by atoms with van der Waals surface area (Å²) in [5, 5.41) is 8.66. The Hall–Kier alpha value is -2.21. The summed E-state index contributed by atoms with van der Waals surface area (Å²) < 4.78 is 0. The van der Waals surface area contributed by atoms with Crippen molar-refractivity contribution in [1.82, 2.24) is 0 Å². The molecule has 0 radical (unpaired) electrons. The van der Waals surface area contributed by atoms with Crippen LogP contribution in [-0.2, 0) is 27.3 Å². The van der Waals surface area contributed by atoms with Crippen LogP contribution in [0.3, 0.4) is 0 Å². The lowest BCUT2D eigenvalue weighted by Crippen LogP contribution is -2.41. The Morgan fingerprint density at radius 2 is 2.05 bits per heavy atom. The van der Waals surface area contributed by atoms with Gasteiger partial charge in [0.1, 0.15) is 6.42 Å². The first-order chi connectivity index (χ1) is 9.02. The highest BCUT2D eigenvalue weighted by Crippen LogP contribution is 2.29. The number of anilines is 1. The van der Waals surface area contributed by atoms with Crippen LogP contribution in [0.15, 0.2) is 18.2 Å². The lowest BCUT2D eigenvalue weighted by Gasteiger charge is -2.27. The fourth-order valence-corrected chi connectivity index (χ4v) is 2.15. The summed E-state index contributed by atoms with van der Waals surface area (Å²) in [6, 6.07) is 5.23. The van der Waals surface area contributed by atoms with Gasteiger partial charge in [-0.15, -0.1) is 0 Å². The van der Waals surface area contributed by atoms with Crippen LogP contribution in [-0.4, -0.2) is 22.9 Å². The number of imide groups is 1. The molecule has 2 amide bonds. The lowest BCUT2D eigenvalue weighted by molar-refractivity contribution is -0.140. The number of hydrogen-bond donors (Lipinski definition) is 2. The molecule has 0 saturated carbocycles. The van der Waals surface area contributed by atoms with Gasteiger partial charge in [-0.25, -0.2) is 4.90 Å². The highest BCUT2D eigenvalue weighted by atomic mass is 16.4. The lowest BCUT2D eigenvalue weighted by atomic mass is 9.98. The maximum atomic E-state index is 11.8. The number of carboxylic acids is 1. The Labute approximate surface area is 109 Å². The number of hydrogen-bond acceptors (Lipinski definition) is 4. The van der Waals surface area contributed by atoms with Crippen molar-refractivity contribution in [3.63, 3.8) is 0 Å². The van der Waals surface area contributed by atoms with E-state index in [0.29, 0.717) is 18.7 Å². The molecule has 0 aliphatic carbocycles. The molecule has 19 heavy (non-hydrogen) atoms. The van der Waals surface area contributed by atoms with Gasteiger partial charge in [-0.1, -0.05) is 12.1 Å². The van der Waals surface area contributed by atoms with E-state index in [1.807, 2.05) is 6.07 Å². The summed E-state index contributed by atoms with van der Waals surface area (Å²) >= 11 is 0. The van der Waals surface area contributed by atoms with Crippen molar-refractivity contribution in [2.75, 3.05) is 4.90 Å². The Kier molecular flexibility index (Phi) is 3.62. The zero-order valence-electron chi connectivity index (χ0n) is 10.3. The summed E-state index contributed by atoms with van der Waals surface area (Å²) in [6.07, 6.45) is 0.0507. The van der Waals surface area contributed by atoms with Gasteiger partial charge in [0.2, 0.25) is 11.8 Å². The summed E-state index contributed by atoms with van der Waals surface area (Å²) in [5.41, 5.74) is 7.78. The second-order valence-corrected chi connectivity index (χ2v) is 4.36. The summed E-state index contributed by atoms with van der Waals surface area (Å²) in [6.45, 7) is 0.379. The number of carboxylic acid groups (broad SMARTS) is 1. The fraction of sp³-hybridized carbons (Fsp3) is 0.308. The van der Waals surface area contributed by atoms with Gasteiger partial charge in [-0.3, -0.25) is 14.4 Å². The third-order valence-corrected chi connectivity index (χ3v) is 3.03. The largest absolute Gasteiger partial charge is 0.481 e. The molecular weight excluding hydrogens is 248 g/mol. The van der Waals surface area contributed by atoms with Crippen molar-refractivity contribution in [2.45, 2.75) is 25.8 Å². The molecular formula is C13H14N2O4. The maximum absolute atomic E-state index is 11.8. The standard InChI is InChI=1S/C13H14N2O4/c14-7-8-1-3-10-9(5-8)2-4-11(16)15(10)12(17)6-13(18)19/h1,3,5H,2,4,6-7,14H2,(H,18,19). The SMILES string of the molecule is NCc1ccc2c(c1)CCC(=O)N2C(=O)CC(=O)O. The average Bonchev–Trinajstić information content (AvgIpc) is 2.37. The predicted octanol–water partition coefficient (Wildman–Crippen LogP) is 0.426. The van der Waals surface area contributed by atoms with Gasteiger partial charge >= 0.3 is 5.97 Å². The topological polar surface area (TPSA) is 101 Å². The number of aliphatic carboxylic acids is 1. The molecule has 1 aromatic carbocycles. The number of rotatable bonds is 3. The van der Waals surface area contributed by atoms with E-state index in [1.165, 1.54) is 0 Å². The van der Waals surface area contributed by atoms with Gasteiger partial charge < -0.3 is 10.8 Å². The summed E-state index contributed by atoms with van der Waals surface area (Å²) in [5.74, 6) is -2.32. The van der Waals surface area contributed by atoms with Crippen molar-refractivity contribution >= 4 is 23.5 Å². The quantitative estimate of drug-likeness (QED) is 0.769. The molecule has 0 unspecified atom stereocenters. The minimum absolute atomic E-state index is 0.201. The Morgan fingerprint density at radius 1 is 1.32 bits per heavy atom. The Bertz CT molecular complexity index is 554. The third-order valence-electron chi connectivity index (χ3n) is 3.03. The minimum Gasteiger partial charge on any atom is -0.481 e. The van der Waals surface area contributed by atoms with Crippen LogP contribution in [0.1, 0.15) is 24.0 Å². The second kappa shape index (κ2) is 5.19. The van der Waals surface area contributed by atoms with Crippen LogP contribution in [0.4, 0.5) is 5.69 Å². The number of nitrogens with two attached hydrogens (primary N) is 1. The van der Waals surface area contributed by atoms with Gasteiger partial charge in [-0.05, 0) is 23.6 Å². The van der Waals surface area contributed by atoms with Crippen molar-refractivity contribution < 1.29 is 19.5 Å². The molecule has 0 saturated heterocycles. The molecule has 2 rings (SSSR count). The van der Waals surface area contributed by atoms with Crippen molar-refractivity contribution in [2.24, 2.45) is 5.73 Å². The summed E-state index contributed by atoms with van der Waals surface area (Å²) in [7, 11) is 0. The van der Waals surface area contributed by atoms with E-state index in [0.717, 1.165) is 16.0 Å². The Morgan fingerprint density at radius 3 is 2.68 bits per heavy atom. The molecule has 1 aromatic rings. The van der Waals surface area contributed by atoms with Crippen molar-refractivity contribution in [3.05, 3.63) is 29.3 Å². The Balaban J connectivity index is 2.38. The van der Waals surface area contributed by atoms with Crippen molar-refractivity contribution in [3.8, 4) is 0 Å². The molecule has 0 atom stereocenters. The zero-order chi connectivity index (χ0) is 14.0. The van der Waals surface area contributed by atoms with Crippen LogP contribution in [0.25, 0.3) is 0 Å².